The van der Waals surface area contributed by atoms with Crippen LogP contribution < -0.4 is 10.6 Å². The number of nitrogens with one attached hydrogen (secondary N) is 2. The number of thioether (sulfide) groups is 1. The summed E-state index contributed by atoms with van der Waals surface area (Å²) in [6, 6.07) is 7.62. The van der Waals surface area contributed by atoms with Crippen LogP contribution in [0.15, 0.2) is 29.2 Å². The van der Waals surface area contributed by atoms with Gasteiger partial charge in [-0.15, -0.1) is 11.8 Å². The van der Waals surface area contributed by atoms with E-state index in [-0.39, 0.29) is 18.6 Å². The first-order valence-corrected chi connectivity index (χ1v) is 8.35. The lowest BCUT2D eigenvalue weighted by atomic mass is 10.1. The highest BCUT2D eigenvalue weighted by molar-refractivity contribution is 7.98. The van der Waals surface area contributed by atoms with Gasteiger partial charge in [0.05, 0.1) is 6.10 Å². The fourth-order valence-corrected chi connectivity index (χ4v) is 2.62. The third-order valence-electron chi connectivity index (χ3n) is 3.51. The lowest BCUT2D eigenvalue weighted by Gasteiger charge is -2.23. The van der Waals surface area contributed by atoms with E-state index in [0.717, 1.165) is 23.3 Å². The highest BCUT2D eigenvalue weighted by Gasteiger charge is 2.16. The highest BCUT2D eigenvalue weighted by Crippen LogP contribution is 2.18. The van der Waals surface area contributed by atoms with Gasteiger partial charge in [-0.3, -0.25) is 0 Å². The van der Waals surface area contributed by atoms with Gasteiger partial charge in [-0.25, -0.2) is 4.79 Å². The summed E-state index contributed by atoms with van der Waals surface area (Å²) in [5, 5.41) is 15.7. The van der Waals surface area contributed by atoms with Gasteiger partial charge in [0.25, 0.3) is 0 Å². The van der Waals surface area contributed by atoms with Gasteiger partial charge in [0.1, 0.15) is 0 Å². The van der Waals surface area contributed by atoms with Gasteiger partial charge in [0.15, 0.2) is 0 Å². The van der Waals surface area contributed by atoms with Crippen LogP contribution in [0.5, 0.6) is 0 Å². The number of hydrogen-bond acceptors (Lipinski definition) is 4. The molecule has 1 fully saturated rings. The van der Waals surface area contributed by atoms with Crippen molar-refractivity contribution >= 4 is 17.8 Å². The number of carbonyl (C=O) groups is 1. The number of aliphatic hydroxyl groups is 1. The van der Waals surface area contributed by atoms with Crippen LogP contribution in [0, 0.1) is 0 Å². The lowest BCUT2D eigenvalue weighted by Crippen LogP contribution is -2.45. The van der Waals surface area contributed by atoms with Crippen LogP contribution in [-0.2, 0) is 4.74 Å². The minimum absolute atomic E-state index is 0.164. The van der Waals surface area contributed by atoms with Crippen LogP contribution in [0.1, 0.15) is 24.5 Å². The zero-order valence-corrected chi connectivity index (χ0v) is 13.0. The molecular weight excluding hydrogens is 288 g/mol. The molecule has 1 aliphatic heterocycles. The van der Waals surface area contributed by atoms with Crippen LogP contribution in [0.4, 0.5) is 4.79 Å². The van der Waals surface area contributed by atoms with Crippen molar-refractivity contribution in [3.63, 3.8) is 0 Å². The number of ether oxygens (including phenoxy) is 1. The Kier molecular flexibility index (Phi) is 6.35. The molecule has 0 spiro atoms. The predicted molar refractivity (Wildman–Crippen MR) is 83.6 cm³/mol. The molecule has 3 N–H and O–H groups in total. The highest BCUT2D eigenvalue weighted by atomic mass is 32.2. The zero-order valence-electron chi connectivity index (χ0n) is 12.2. The van der Waals surface area contributed by atoms with E-state index in [1.54, 1.807) is 11.8 Å². The molecule has 1 aliphatic rings. The second-order valence-electron chi connectivity index (χ2n) is 5.03. The number of aliphatic hydroxyl groups excluding tert-OH is 1. The molecule has 1 aromatic rings. The molecule has 0 bridgehead atoms. The summed E-state index contributed by atoms with van der Waals surface area (Å²) in [6.07, 6.45) is 2.99. The fourth-order valence-electron chi connectivity index (χ4n) is 2.21. The van der Waals surface area contributed by atoms with E-state index >= 15 is 0 Å². The van der Waals surface area contributed by atoms with Gasteiger partial charge in [-0.05, 0) is 36.8 Å². The van der Waals surface area contributed by atoms with E-state index in [4.69, 9.17) is 4.74 Å². The monoisotopic (exact) mass is 310 g/mol. The molecule has 21 heavy (non-hydrogen) atoms. The van der Waals surface area contributed by atoms with Crippen molar-refractivity contribution in [3.8, 4) is 0 Å². The molecule has 0 unspecified atom stereocenters. The van der Waals surface area contributed by atoms with Crippen molar-refractivity contribution in [1.29, 1.82) is 0 Å². The molecule has 0 saturated carbocycles. The molecule has 0 aliphatic carbocycles. The van der Waals surface area contributed by atoms with Gasteiger partial charge in [-0.1, -0.05) is 12.1 Å². The number of benzene rings is 1. The average Bonchev–Trinajstić information content (AvgIpc) is 2.53. The minimum Gasteiger partial charge on any atom is -0.387 e. The van der Waals surface area contributed by atoms with Crippen LogP contribution in [-0.4, -0.2) is 43.2 Å². The Morgan fingerprint density at radius 3 is 2.67 bits per heavy atom. The van der Waals surface area contributed by atoms with E-state index in [0.29, 0.717) is 13.2 Å². The Morgan fingerprint density at radius 1 is 1.38 bits per heavy atom. The van der Waals surface area contributed by atoms with Crippen LogP contribution in [0.25, 0.3) is 0 Å². The molecule has 1 atom stereocenters. The summed E-state index contributed by atoms with van der Waals surface area (Å²) < 4.78 is 5.24. The van der Waals surface area contributed by atoms with E-state index in [2.05, 4.69) is 10.6 Å². The Bertz CT molecular complexity index is 447. The number of rotatable bonds is 5. The largest absolute Gasteiger partial charge is 0.387 e. The zero-order chi connectivity index (χ0) is 15.1. The van der Waals surface area contributed by atoms with Crippen molar-refractivity contribution in [3.05, 3.63) is 29.8 Å². The summed E-state index contributed by atoms with van der Waals surface area (Å²) in [6.45, 7) is 1.58. The normalized spacial score (nSPS) is 17.2. The number of carbonyl (C=O) groups excluding carboxylic acids is 1. The Morgan fingerprint density at radius 2 is 2.05 bits per heavy atom. The first-order valence-electron chi connectivity index (χ1n) is 7.13. The number of hydrogen-bond donors (Lipinski definition) is 3. The second kappa shape index (κ2) is 8.26. The third-order valence-corrected chi connectivity index (χ3v) is 4.26. The molecule has 1 aromatic carbocycles. The van der Waals surface area contributed by atoms with E-state index in [1.807, 2.05) is 30.5 Å². The van der Waals surface area contributed by atoms with Crippen LogP contribution in [0.3, 0.4) is 0 Å². The molecule has 1 saturated heterocycles. The molecule has 0 aromatic heterocycles. The van der Waals surface area contributed by atoms with Crippen molar-refractivity contribution in [2.45, 2.75) is 29.9 Å². The number of amides is 2. The topological polar surface area (TPSA) is 70.6 Å². The van der Waals surface area contributed by atoms with Gasteiger partial charge >= 0.3 is 6.03 Å². The molecule has 1 heterocycles. The maximum atomic E-state index is 11.8. The lowest BCUT2D eigenvalue weighted by molar-refractivity contribution is 0.0798. The Balaban J connectivity index is 1.74. The SMILES string of the molecule is CSc1ccc([C@@H](O)CNC(=O)NC2CCOCC2)cc1. The van der Waals surface area contributed by atoms with Gasteiger partial charge in [0.2, 0.25) is 0 Å². The summed E-state index contributed by atoms with van der Waals surface area (Å²) in [4.78, 5) is 12.9. The van der Waals surface area contributed by atoms with Gasteiger partial charge < -0.3 is 20.5 Å². The van der Waals surface area contributed by atoms with Crippen LogP contribution in [0.2, 0.25) is 0 Å². The smallest absolute Gasteiger partial charge is 0.315 e. The molecule has 2 amide bonds. The quantitative estimate of drug-likeness (QED) is 0.727. The first kappa shape index (κ1) is 16.1. The van der Waals surface area contributed by atoms with Crippen LogP contribution >= 0.6 is 11.8 Å². The number of urea groups is 1. The molecule has 0 radical (unpaired) electrons. The molecule has 6 heteroatoms. The van der Waals surface area contributed by atoms with E-state index < -0.39 is 6.10 Å². The van der Waals surface area contributed by atoms with Crippen molar-refractivity contribution in [2.24, 2.45) is 0 Å². The van der Waals surface area contributed by atoms with Gasteiger partial charge in [0, 0.05) is 30.7 Å². The molecular formula is C15H22N2O3S. The predicted octanol–water partition coefficient (Wildman–Crippen LogP) is 1.92. The Labute approximate surface area is 129 Å². The minimum atomic E-state index is -0.693. The summed E-state index contributed by atoms with van der Waals surface area (Å²) in [5.74, 6) is 0. The summed E-state index contributed by atoms with van der Waals surface area (Å²) >= 11 is 1.66. The van der Waals surface area contributed by atoms with Gasteiger partial charge in [-0.2, -0.15) is 0 Å². The van der Waals surface area contributed by atoms with E-state index in [9.17, 15) is 9.90 Å². The average molecular weight is 310 g/mol. The maximum Gasteiger partial charge on any atom is 0.315 e. The van der Waals surface area contributed by atoms with Crippen molar-refractivity contribution in [2.75, 3.05) is 26.0 Å². The maximum absolute atomic E-state index is 11.8. The second-order valence-corrected chi connectivity index (χ2v) is 5.91. The summed E-state index contributed by atoms with van der Waals surface area (Å²) in [5.41, 5.74) is 0.805. The fraction of sp³-hybridized carbons (Fsp3) is 0.533. The van der Waals surface area contributed by atoms with Crippen molar-refractivity contribution in [1.82, 2.24) is 10.6 Å². The van der Waals surface area contributed by atoms with Crippen molar-refractivity contribution < 1.29 is 14.6 Å². The Hall–Kier alpha value is -1.24. The van der Waals surface area contributed by atoms with E-state index in [1.165, 1.54) is 0 Å². The first-order chi connectivity index (χ1) is 10.2. The molecule has 116 valence electrons. The summed E-state index contributed by atoms with van der Waals surface area (Å²) in [7, 11) is 0. The third kappa shape index (κ3) is 5.22. The standard InChI is InChI=1S/C15H22N2O3S/c1-21-13-4-2-11(3-5-13)14(18)10-16-15(19)17-12-6-8-20-9-7-12/h2-5,12,14,18H,6-10H2,1H3,(H2,16,17,19)/t14-/m0/s1. The molecule has 2 rings (SSSR count). The molecule has 5 nitrogen and oxygen atoms in total.